The van der Waals surface area contributed by atoms with Crippen molar-refractivity contribution in [1.29, 1.82) is 0 Å². The van der Waals surface area contributed by atoms with E-state index < -0.39 is 11.6 Å². The molecule has 19 heavy (non-hydrogen) atoms. The molecule has 2 heterocycles. The van der Waals surface area contributed by atoms with Gasteiger partial charge in [0.05, 0.1) is 0 Å². The third-order valence-corrected chi connectivity index (χ3v) is 2.80. The number of benzene rings is 1. The van der Waals surface area contributed by atoms with Crippen molar-refractivity contribution in [1.82, 2.24) is 14.4 Å². The van der Waals surface area contributed by atoms with Gasteiger partial charge < -0.3 is 4.74 Å². The van der Waals surface area contributed by atoms with Crippen LogP contribution < -0.4 is 4.74 Å². The fourth-order valence-electron chi connectivity index (χ4n) is 1.59. The second-order valence-electron chi connectivity index (χ2n) is 3.70. The van der Waals surface area contributed by atoms with Gasteiger partial charge >= 0.3 is 0 Å². The summed E-state index contributed by atoms with van der Waals surface area (Å²) in [4.78, 5) is 8.20. The number of ether oxygens (including phenoxy) is 1. The van der Waals surface area contributed by atoms with Gasteiger partial charge in [0.15, 0.2) is 11.6 Å². The Balaban J connectivity index is 2.04. The highest BCUT2D eigenvalue weighted by atomic mass is 79.9. The van der Waals surface area contributed by atoms with E-state index >= 15 is 0 Å². The summed E-state index contributed by atoms with van der Waals surface area (Å²) >= 11 is 3.23. The molecule has 0 amide bonds. The van der Waals surface area contributed by atoms with Crippen molar-refractivity contribution in [3.8, 4) is 11.6 Å². The number of fused-ring (bicyclic) bond motifs is 1. The molecular formula is C12H6BrF2N3O. The lowest BCUT2D eigenvalue weighted by atomic mass is 10.3. The SMILES string of the molecule is Fc1ccc(Oc2nc(Br)cn3ccnc23)cc1F. The summed E-state index contributed by atoms with van der Waals surface area (Å²) in [5, 5.41) is 0. The Morgan fingerprint density at radius 2 is 2.05 bits per heavy atom. The summed E-state index contributed by atoms with van der Waals surface area (Å²) in [6.45, 7) is 0. The number of imidazole rings is 1. The molecule has 0 spiro atoms. The predicted molar refractivity (Wildman–Crippen MR) is 67.1 cm³/mol. The molecule has 4 nitrogen and oxygen atoms in total. The van der Waals surface area contributed by atoms with Crippen LogP contribution in [-0.2, 0) is 0 Å². The quantitative estimate of drug-likeness (QED) is 0.723. The van der Waals surface area contributed by atoms with Crippen LogP contribution in [0.15, 0.2) is 41.4 Å². The molecule has 0 aliphatic carbocycles. The molecule has 0 fully saturated rings. The van der Waals surface area contributed by atoms with Crippen LogP contribution in [0.25, 0.3) is 5.65 Å². The Bertz CT molecular complexity index is 760. The van der Waals surface area contributed by atoms with E-state index in [0.717, 1.165) is 12.1 Å². The maximum atomic E-state index is 13.1. The lowest BCUT2D eigenvalue weighted by molar-refractivity contribution is 0.448. The van der Waals surface area contributed by atoms with Crippen LogP contribution in [0.5, 0.6) is 11.6 Å². The van der Waals surface area contributed by atoms with Gasteiger partial charge in [0, 0.05) is 24.7 Å². The lowest BCUT2D eigenvalue weighted by Gasteiger charge is -2.06. The Kier molecular flexibility index (Phi) is 2.90. The van der Waals surface area contributed by atoms with Gasteiger partial charge in [-0.3, -0.25) is 4.40 Å². The Morgan fingerprint density at radius 1 is 1.21 bits per heavy atom. The maximum absolute atomic E-state index is 13.1. The van der Waals surface area contributed by atoms with Crippen molar-refractivity contribution < 1.29 is 13.5 Å². The number of nitrogens with zero attached hydrogens (tertiary/aromatic N) is 3. The van der Waals surface area contributed by atoms with E-state index in [9.17, 15) is 8.78 Å². The Morgan fingerprint density at radius 3 is 2.84 bits per heavy atom. The molecular weight excluding hydrogens is 320 g/mol. The Hall–Kier alpha value is -2.02. The summed E-state index contributed by atoms with van der Waals surface area (Å²) in [5.74, 6) is -1.56. The zero-order chi connectivity index (χ0) is 13.4. The summed E-state index contributed by atoms with van der Waals surface area (Å²) in [6, 6.07) is 3.27. The van der Waals surface area contributed by atoms with Gasteiger partial charge in [0.25, 0.3) is 5.88 Å². The first-order valence-electron chi connectivity index (χ1n) is 5.25. The van der Waals surface area contributed by atoms with Crippen molar-refractivity contribution in [2.24, 2.45) is 0 Å². The molecule has 96 valence electrons. The number of aromatic nitrogens is 3. The standard InChI is InChI=1S/C12H6BrF2N3O/c13-10-6-18-4-3-16-11(18)12(17-10)19-7-1-2-8(14)9(15)5-7/h1-6H. The monoisotopic (exact) mass is 325 g/mol. The molecule has 0 N–H and O–H groups in total. The van der Waals surface area contributed by atoms with Crippen LogP contribution in [0.2, 0.25) is 0 Å². The molecule has 3 aromatic rings. The van der Waals surface area contributed by atoms with Gasteiger partial charge in [-0.05, 0) is 28.1 Å². The summed E-state index contributed by atoms with van der Waals surface area (Å²) in [6.07, 6.45) is 5.02. The van der Waals surface area contributed by atoms with Crippen molar-refractivity contribution >= 4 is 21.6 Å². The van der Waals surface area contributed by atoms with Gasteiger partial charge in [0.2, 0.25) is 5.65 Å². The normalized spacial score (nSPS) is 10.9. The smallest absolute Gasteiger partial charge is 0.264 e. The first kappa shape index (κ1) is 12.0. The first-order valence-corrected chi connectivity index (χ1v) is 6.05. The van der Waals surface area contributed by atoms with Crippen LogP contribution in [0.3, 0.4) is 0 Å². The number of halogens is 3. The fourth-order valence-corrected chi connectivity index (χ4v) is 1.98. The minimum atomic E-state index is -0.980. The van der Waals surface area contributed by atoms with Crippen molar-refractivity contribution in [3.05, 3.63) is 53.0 Å². The largest absolute Gasteiger partial charge is 0.436 e. The van der Waals surface area contributed by atoms with Crippen LogP contribution in [0, 0.1) is 11.6 Å². The minimum Gasteiger partial charge on any atom is -0.436 e. The van der Waals surface area contributed by atoms with E-state index in [1.165, 1.54) is 6.07 Å². The second kappa shape index (κ2) is 4.58. The van der Waals surface area contributed by atoms with Crippen molar-refractivity contribution in [2.75, 3.05) is 0 Å². The third-order valence-electron chi connectivity index (χ3n) is 2.42. The van der Waals surface area contributed by atoms with Gasteiger partial charge in [-0.15, -0.1) is 0 Å². The van der Waals surface area contributed by atoms with Gasteiger partial charge in [0.1, 0.15) is 10.4 Å². The van der Waals surface area contributed by atoms with Crippen molar-refractivity contribution in [3.63, 3.8) is 0 Å². The number of hydrogen-bond acceptors (Lipinski definition) is 3. The van der Waals surface area contributed by atoms with E-state index in [2.05, 4.69) is 25.9 Å². The van der Waals surface area contributed by atoms with E-state index in [0.29, 0.717) is 10.3 Å². The summed E-state index contributed by atoms with van der Waals surface area (Å²) in [7, 11) is 0. The molecule has 7 heteroatoms. The molecule has 0 unspecified atom stereocenters. The molecule has 0 bridgehead atoms. The molecule has 0 saturated heterocycles. The highest BCUT2D eigenvalue weighted by Gasteiger charge is 2.10. The van der Waals surface area contributed by atoms with Crippen molar-refractivity contribution in [2.45, 2.75) is 0 Å². The average Bonchev–Trinajstić information content (AvgIpc) is 2.82. The minimum absolute atomic E-state index is 0.148. The van der Waals surface area contributed by atoms with Gasteiger partial charge in [-0.25, -0.2) is 18.7 Å². The predicted octanol–water partition coefficient (Wildman–Crippen LogP) is 3.56. The molecule has 0 radical (unpaired) electrons. The highest BCUT2D eigenvalue weighted by Crippen LogP contribution is 2.26. The maximum Gasteiger partial charge on any atom is 0.264 e. The topological polar surface area (TPSA) is 39.4 Å². The molecule has 3 rings (SSSR count). The Labute approximate surface area is 114 Å². The van der Waals surface area contributed by atoms with Crippen LogP contribution in [0.4, 0.5) is 8.78 Å². The van der Waals surface area contributed by atoms with E-state index in [4.69, 9.17) is 4.74 Å². The van der Waals surface area contributed by atoms with E-state index in [1.54, 1.807) is 23.0 Å². The average molecular weight is 326 g/mol. The lowest BCUT2D eigenvalue weighted by Crippen LogP contribution is -1.95. The second-order valence-corrected chi connectivity index (χ2v) is 4.52. The highest BCUT2D eigenvalue weighted by molar-refractivity contribution is 9.10. The summed E-state index contributed by atoms with van der Waals surface area (Å²) in [5.41, 5.74) is 0.480. The first-order chi connectivity index (χ1) is 9.13. The van der Waals surface area contributed by atoms with Crippen LogP contribution in [-0.4, -0.2) is 14.4 Å². The molecule has 0 saturated carbocycles. The van der Waals surface area contributed by atoms with E-state index in [-0.39, 0.29) is 11.6 Å². The van der Waals surface area contributed by atoms with Crippen LogP contribution >= 0.6 is 15.9 Å². The zero-order valence-corrected chi connectivity index (χ0v) is 10.9. The molecule has 0 aliphatic heterocycles. The van der Waals surface area contributed by atoms with Gasteiger partial charge in [-0.1, -0.05) is 0 Å². The molecule has 0 aliphatic rings. The number of hydrogen-bond donors (Lipinski definition) is 0. The fraction of sp³-hybridized carbons (Fsp3) is 0. The zero-order valence-electron chi connectivity index (χ0n) is 9.35. The third kappa shape index (κ3) is 2.28. The molecule has 0 atom stereocenters. The van der Waals surface area contributed by atoms with Crippen LogP contribution in [0.1, 0.15) is 0 Å². The molecule has 1 aromatic carbocycles. The summed E-state index contributed by atoms with van der Waals surface area (Å²) < 4.78 is 33.6. The van der Waals surface area contributed by atoms with E-state index in [1.807, 2.05) is 0 Å². The number of rotatable bonds is 2. The van der Waals surface area contributed by atoms with Gasteiger partial charge in [-0.2, -0.15) is 0 Å². The molecule has 2 aromatic heterocycles.